The molecule has 0 fully saturated rings. The molecule has 3 rings (SSSR count). The minimum absolute atomic E-state index is 0.0263. The number of thiazole rings is 1. The van der Waals surface area contributed by atoms with E-state index in [-0.39, 0.29) is 11.4 Å². The molecule has 27 heavy (non-hydrogen) atoms. The first-order valence-corrected chi connectivity index (χ1v) is 8.41. The third-order valence-corrected chi connectivity index (χ3v) is 4.22. The van der Waals surface area contributed by atoms with Crippen molar-refractivity contribution in [2.45, 2.75) is 13.1 Å². The lowest BCUT2D eigenvalue weighted by atomic mass is 10.1. The lowest BCUT2D eigenvalue weighted by Gasteiger charge is -2.15. The zero-order chi connectivity index (χ0) is 19.6. The van der Waals surface area contributed by atoms with Crippen molar-refractivity contribution in [3.63, 3.8) is 0 Å². The number of carbonyl (C=O) groups is 2. The maximum atomic E-state index is 13.3. The number of halogens is 3. The number of furan rings is 1. The summed E-state index contributed by atoms with van der Waals surface area (Å²) in [5, 5.41) is 6.35. The van der Waals surface area contributed by atoms with Gasteiger partial charge in [0.1, 0.15) is 5.69 Å². The molecular weight excluding hydrogens is 383 g/mol. The van der Waals surface area contributed by atoms with Gasteiger partial charge in [0.15, 0.2) is 10.8 Å². The second-order valence-corrected chi connectivity index (χ2v) is 6.27. The van der Waals surface area contributed by atoms with Crippen molar-refractivity contribution in [1.29, 1.82) is 0 Å². The summed E-state index contributed by atoms with van der Waals surface area (Å²) in [6.45, 7) is 1.18. The van der Waals surface area contributed by atoms with Crippen LogP contribution in [0.2, 0.25) is 0 Å². The van der Waals surface area contributed by atoms with E-state index in [1.807, 2.05) is 0 Å². The van der Waals surface area contributed by atoms with Crippen molar-refractivity contribution < 1.29 is 27.2 Å². The maximum absolute atomic E-state index is 13.3. The van der Waals surface area contributed by atoms with Gasteiger partial charge in [-0.3, -0.25) is 9.59 Å². The highest BCUT2D eigenvalue weighted by Crippen LogP contribution is 2.37. The molecule has 6 nitrogen and oxygen atoms in total. The first kappa shape index (κ1) is 18.6. The topological polar surface area (TPSA) is 84.2 Å². The Morgan fingerprint density at radius 1 is 1.19 bits per heavy atom. The second-order valence-electron chi connectivity index (χ2n) is 5.41. The van der Waals surface area contributed by atoms with Gasteiger partial charge in [-0.15, -0.1) is 11.3 Å². The highest BCUT2D eigenvalue weighted by Gasteiger charge is 2.34. The summed E-state index contributed by atoms with van der Waals surface area (Å²) in [6, 6.07) is 6.41. The zero-order valence-corrected chi connectivity index (χ0v) is 14.6. The molecule has 140 valence electrons. The maximum Gasteiger partial charge on any atom is 0.418 e. The molecule has 0 saturated carbocycles. The number of benzene rings is 1. The van der Waals surface area contributed by atoms with Gasteiger partial charge in [-0.2, -0.15) is 13.2 Å². The Kier molecular flexibility index (Phi) is 5.00. The Bertz CT molecular complexity index is 981. The Labute approximate surface area is 155 Å². The number of anilines is 2. The molecule has 0 aliphatic rings. The largest absolute Gasteiger partial charge is 0.462 e. The summed E-state index contributed by atoms with van der Waals surface area (Å²) in [5.41, 5.74) is -1.58. The average Bonchev–Trinajstić information content (AvgIpc) is 3.26. The summed E-state index contributed by atoms with van der Waals surface area (Å²) in [7, 11) is 0. The van der Waals surface area contributed by atoms with Crippen LogP contribution in [0.5, 0.6) is 0 Å². The van der Waals surface area contributed by atoms with Crippen LogP contribution in [0.1, 0.15) is 23.0 Å². The minimum Gasteiger partial charge on any atom is -0.462 e. The Hall–Kier alpha value is -3.14. The van der Waals surface area contributed by atoms with E-state index in [4.69, 9.17) is 4.42 Å². The number of amides is 2. The van der Waals surface area contributed by atoms with E-state index in [9.17, 15) is 22.8 Å². The summed E-state index contributed by atoms with van der Waals surface area (Å²) in [6.07, 6.45) is -3.28. The molecule has 1 aromatic carbocycles. The first-order valence-electron chi connectivity index (χ1n) is 7.53. The molecule has 0 bridgehead atoms. The molecule has 0 unspecified atom stereocenters. The predicted octanol–water partition coefficient (Wildman–Crippen LogP) is 4.63. The number of rotatable bonds is 4. The van der Waals surface area contributed by atoms with Crippen molar-refractivity contribution in [3.05, 3.63) is 53.2 Å². The van der Waals surface area contributed by atoms with Crippen molar-refractivity contribution in [1.82, 2.24) is 4.98 Å². The summed E-state index contributed by atoms with van der Waals surface area (Å²) < 4.78 is 45.1. The van der Waals surface area contributed by atoms with Gasteiger partial charge >= 0.3 is 6.18 Å². The highest BCUT2D eigenvalue weighted by molar-refractivity contribution is 7.13. The summed E-state index contributed by atoms with van der Waals surface area (Å²) in [5.74, 6) is -0.843. The van der Waals surface area contributed by atoms with Crippen molar-refractivity contribution >= 4 is 34.5 Å². The number of alkyl halides is 3. The zero-order valence-electron chi connectivity index (χ0n) is 13.8. The molecule has 0 atom stereocenters. The van der Waals surface area contributed by atoms with Crippen LogP contribution in [-0.4, -0.2) is 16.8 Å². The van der Waals surface area contributed by atoms with Crippen LogP contribution in [0.4, 0.5) is 24.5 Å². The molecule has 2 aromatic heterocycles. The van der Waals surface area contributed by atoms with Crippen molar-refractivity contribution in [2.24, 2.45) is 0 Å². The molecule has 0 aliphatic heterocycles. The molecule has 2 N–H and O–H groups in total. The normalized spacial score (nSPS) is 11.3. The lowest BCUT2D eigenvalue weighted by Crippen LogP contribution is -2.17. The van der Waals surface area contributed by atoms with Crippen LogP contribution in [0.25, 0.3) is 10.8 Å². The number of nitrogens with one attached hydrogen (secondary N) is 2. The van der Waals surface area contributed by atoms with E-state index in [1.54, 1.807) is 12.1 Å². The number of hydrogen-bond acceptors (Lipinski definition) is 5. The quantitative estimate of drug-likeness (QED) is 0.674. The average molecular weight is 395 g/mol. The van der Waals surface area contributed by atoms with Gasteiger partial charge in [0, 0.05) is 18.0 Å². The summed E-state index contributed by atoms with van der Waals surface area (Å²) >= 11 is 1.13. The van der Waals surface area contributed by atoms with E-state index in [0.717, 1.165) is 23.5 Å². The van der Waals surface area contributed by atoms with Gasteiger partial charge in [0.2, 0.25) is 5.91 Å². The number of nitrogens with zero attached hydrogens (tertiary/aromatic N) is 1. The van der Waals surface area contributed by atoms with Crippen LogP contribution in [0.15, 0.2) is 46.4 Å². The molecule has 0 spiro atoms. The van der Waals surface area contributed by atoms with Crippen LogP contribution in [0.3, 0.4) is 0 Å². The van der Waals surface area contributed by atoms with Gasteiger partial charge in [0.25, 0.3) is 5.91 Å². The van der Waals surface area contributed by atoms with Gasteiger partial charge in [-0.25, -0.2) is 4.98 Å². The summed E-state index contributed by atoms with van der Waals surface area (Å²) in [4.78, 5) is 27.4. The molecule has 2 amide bonds. The van der Waals surface area contributed by atoms with E-state index in [1.165, 1.54) is 24.6 Å². The van der Waals surface area contributed by atoms with E-state index < -0.39 is 29.2 Å². The highest BCUT2D eigenvalue weighted by atomic mass is 32.1. The molecule has 0 saturated heterocycles. The van der Waals surface area contributed by atoms with Crippen molar-refractivity contribution in [2.75, 3.05) is 10.6 Å². The van der Waals surface area contributed by atoms with Gasteiger partial charge < -0.3 is 15.1 Å². The SMILES string of the molecule is CC(=O)Nc1ccc(NC(=O)c2csc(-c3ccco3)n2)c(C(F)(F)F)c1. The van der Waals surface area contributed by atoms with E-state index in [0.29, 0.717) is 10.8 Å². The fraction of sp³-hybridized carbons (Fsp3) is 0.118. The number of hydrogen-bond donors (Lipinski definition) is 2. The van der Waals surface area contributed by atoms with Gasteiger partial charge in [-0.05, 0) is 30.3 Å². The van der Waals surface area contributed by atoms with Crippen LogP contribution in [0, 0.1) is 0 Å². The molecule has 2 heterocycles. The number of carbonyl (C=O) groups excluding carboxylic acids is 2. The fourth-order valence-corrected chi connectivity index (χ4v) is 3.01. The Morgan fingerprint density at radius 2 is 1.96 bits per heavy atom. The number of aromatic nitrogens is 1. The van der Waals surface area contributed by atoms with Gasteiger partial charge in [-0.1, -0.05) is 0 Å². The smallest absolute Gasteiger partial charge is 0.418 e. The molecule has 0 radical (unpaired) electrons. The Morgan fingerprint density at radius 3 is 2.59 bits per heavy atom. The third-order valence-electron chi connectivity index (χ3n) is 3.36. The molecule has 10 heteroatoms. The van der Waals surface area contributed by atoms with Crippen LogP contribution < -0.4 is 10.6 Å². The van der Waals surface area contributed by atoms with Crippen LogP contribution >= 0.6 is 11.3 Å². The molecule has 0 aliphatic carbocycles. The standard InChI is InChI=1S/C17H12F3N3O3S/c1-9(24)21-10-4-5-12(11(7-10)17(18,19)20)22-15(25)13-8-27-16(23-13)14-3-2-6-26-14/h2-8H,1H3,(H,21,24)(H,22,25). The Balaban J connectivity index is 1.86. The van der Waals surface area contributed by atoms with E-state index >= 15 is 0 Å². The second kappa shape index (κ2) is 7.23. The monoisotopic (exact) mass is 395 g/mol. The van der Waals surface area contributed by atoms with Crippen LogP contribution in [-0.2, 0) is 11.0 Å². The minimum atomic E-state index is -4.72. The molecular formula is C17H12F3N3O3S. The third kappa shape index (κ3) is 4.34. The fourth-order valence-electron chi connectivity index (χ4n) is 2.25. The van der Waals surface area contributed by atoms with Gasteiger partial charge in [0.05, 0.1) is 17.5 Å². The predicted molar refractivity (Wildman–Crippen MR) is 93.5 cm³/mol. The van der Waals surface area contributed by atoms with Crippen molar-refractivity contribution in [3.8, 4) is 10.8 Å². The first-order chi connectivity index (χ1) is 12.7. The van der Waals surface area contributed by atoms with E-state index in [2.05, 4.69) is 15.6 Å². The lowest BCUT2D eigenvalue weighted by molar-refractivity contribution is -0.137. The molecule has 3 aromatic rings.